The van der Waals surface area contributed by atoms with E-state index in [9.17, 15) is 24.3 Å². The SMILES string of the molecule is C=C1C2C(OC(=O)C=CC2(C)C2CC(=O)OC2(C)C)C(OC(C)=O)C2(C)C(C3=CC(O)OC3=O)CC3OC132. The van der Waals surface area contributed by atoms with Crippen LogP contribution in [0.3, 0.4) is 0 Å². The fourth-order valence-corrected chi connectivity index (χ4v) is 8.59. The summed E-state index contributed by atoms with van der Waals surface area (Å²) in [5.74, 6) is -3.67. The first-order valence-electron chi connectivity index (χ1n) is 12.9. The molecule has 4 heterocycles. The number of ether oxygens (including phenoxy) is 5. The predicted octanol–water partition coefficient (Wildman–Crippen LogP) is 1.90. The number of cyclic esters (lactones) is 2. The quantitative estimate of drug-likeness (QED) is 0.250. The van der Waals surface area contributed by atoms with Gasteiger partial charge in [-0.3, -0.25) is 9.59 Å². The zero-order valence-corrected chi connectivity index (χ0v) is 22.0. The lowest BCUT2D eigenvalue weighted by molar-refractivity contribution is -0.205. The normalized spacial score (nSPS) is 48.2. The molecule has 6 aliphatic rings. The Labute approximate surface area is 219 Å². The van der Waals surface area contributed by atoms with Crippen LogP contribution >= 0.6 is 0 Å². The Balaban J connectivity index is 1.54. The van der Waals surface area contributed by atoms with Gasteiger partial charge in [0.25, 0.3) is 0 Å². The van der Waals surface area contributed by atoms with Crippen molar-refractivity contribution in [2.45, 2.75) is 83.3 Å². The molecule has 0 aromatic heterocycles. The molecule has 0 amide bonds. The molecule has 10 atom stereocenters. The molecule has 10 heteroatoms. The topological polar surface area (TPSA) is 138 Å². The van der Waals surface area contributed by atoms with Crippen molar-refractivity contribution < 1.29 is 48.0 Å². The molecule has 2 saturated carbocycles. The molecular weight excluding hydrogens is 496 g/mol. The molecule has 0 aromatic carbocycles. The van der Waals surface area contributed by atoms with Gasteiger partial charge in [-0.1, -0.05) is 26.5 Å². The first kappa shape index (κ1) is 25.3. The van der Waals surface area contributed by atoms with E-state index in [1.807, 2.05) is 27.7 Å². The summed E-state index contributed by atoms with van der Waals surface area (Å²) in [7, 11) is 0. The molecule has 4 aliphatic heterocycles. The Bertz CT molecular complexity index is 1250. The highest BCUT2D eigenvalue weighted by Gasteiger charge is 2.85. The third kappa shape index (κ3) is 3.01. The highest BCUT2D eigenvalue weighted by Crippen LogP contribution is 2.75. The van der Waals surface area contributed by atoms with Crippen LogP contribution in [0.25, 0.3) is 0 Å². The first-order valence-corrected chi connectivity index (χ1v) is 12.9. The van der Waals surface area contributed by atoms with E-state index in [4.69, 9.17) is 23.7 Å². The number of epoxide rings is 1. The Morgan fingerprint density at radius 2 is 1.87 bits per heavy atom. The van der Waals surface area contributed by atoms with Gasteiger partial charge in [0.05, 0.1) is 17.9 Å². The van der Waals surface area contributed by atoms with Crippen LogP contribution in [0.1, 0.15) is 47.5 Å². The molecule has 1 N–H and O–H groups in total. The summed E-state index contributed by atoms with van der Waals surface area (Å²) in [5.41, 5.74) is -2.85. The van der Waals surface area contributed by atoms with Gasteiger partial charge < -0.3 is 28.8 Å². The largest absolute Gasteiger partial charge is 0.459 e. The molecule has 1 spiro atoms. The average Bonchev–Trinajstić information content (AvgIpc) is 3.27. The molecule has 0 bridgehead atoms. The first-order chi connectivity index (χ1) is 17.7. The molecule has 0 aromatic rings. The maximum Gasteiger partial charge on any atom is 0.336 e. The molecule has 204 valence electrons. The Kier molecular flexibility index (Phi) is 5.04. The second-order valence-electron chi connectivity index (χ2n) is 12.3. The summed E-state index contributed by atoms with van der Waals surface area (Å²) in [4.78, 5) is 50.7. The smallest absolute Gasteiger partial charge is 0.336 e. The van der Waals surface area contributed by atoms with E-state index >= 15 is 0 Å². The van der Waals surface area contributed by atoms with E-state index in [0.717, 1.165) is 0 Å². The maximum absolute atomic E-state index is 13.0. The van der Waals surface area contributed by atoms with Gasteiger partial charge in [0, 0.05) is 41.7 Å². The molecular formula is C28H32O10. The number of carbonyl (C=O) groups is 4. The Hall–Kier alpha value is -2.98. The van der Waals surface area contributed by atoms with Crippen molar-refractivity contribution >= 4 is 23.9 Å². The summed E-state index contributed by atoms with van der Waals surface area (Å²) >= 11 is 0. The highest BCUT2D eigenvalue weighted by molar-refractivity contribution is 5.92. The molecule has 2 saturated heterocycles. The van der Waals surface area contributed by atoms with Crippen LogP contribution in [0.4, 0.5) is 0 Å². The van der Waals surface area contributed by atoms with Crippen LogP contribution < -0.4 is 0 Å². The monoisotopic (exact) mass is 528 g/mol. The third-order valence-corrected chi connectivity index (χ3v) is 10.1. The molecule has 6 rings (SSSR count). The van der Waals surface area contributed by atoms with Crippen molar-refractivity contribution in [3.63, 3.8) is 0 Å². The summed E-state index contributed by atoms with van der Waals surface area (Å²) < 4.78 is 29.1. The van der Waals surface area contributed by atoms with Crippen LogP contribution in [-0.4, -0.2) is 64.8 Å². The lowest BCUT2D eigenvalue weighted by Crippen LogP contribution is -2.66. The number of carbonyl (C=O) groups excluding carboxylic acids is 4. The number of rotatable bonds is 3. The zero-order valence-electron chi connectivity index (χ0n) is 22.0. The number of fused-ring (bicyclic) bond motifs is 1. The summed E-state index contributed by atoms with van der Waals surface area (Å²) in [6.45, 7) is 13.3. The van der Waals surface area contributed by atoms with Crippen LogP contribution in [0, 0.1) is 28.6 Å². The summed E-state index contributed by atoms with van der Waals surface area (Å²) in [6.07, 6.45) is 1.29. The molecule has 4 fully saturated rings. The average molecular weight is 529 g/mol. The van der Waals surface area contributed by atoms with Gasteiger partial charge in [-0.05, 0) is 31.9 Å². The van der Waals surface area contributed by atoms with Crippen LogP contribution in [-0.2, 0) is 42.9 Å². The van der Waals surface area contributed by atoms with Gasteiger partial charge in [0.1, 0.15) is 23.4 Å². The van der Waals surface area contributed by atoms with E-state index in [1.54, 1.807) is 6.08 Å². The fourth-order valence-electron chi connectivity index (χ4n) is 8.59. The van der Waals surface area contributed by atoms with E-state index in [2.05, 4.69) is 6.58 Å². The molecule has 10 nitrogen and oxygen atoms in total. The highest BCUT2D eigenvalue weighted by atomic mass is 16.6. The lowest BCUT2D eigenvalue weighted by Gasteiger charge is -2.57. The minimum Gasteiger partial charge on any atom is -0.459 e. The number of hydrogen-bond acceptors (Lipinski definition) is 10. The number of allylic oxidation sites excluding steroid dienone is 1. The van der Waals surface area contributed by atoms with Crippen LogP contribution in [0.2, 0.25) is 0 Å². The number of aliphatic hydroxyl groups excluding tert-OH is 1. The molecule has 38 heavy (non-hydrogen) atoms. The maximum atomic E-state index is 13.0. The fraction of sp³-hybridized carbons (Fsp3) is 0.643. The number of aliphatic hydroxyl groups is 1. The van der Waals surface area contributed by atoms with Gasteiger partial charge in [-0.2, -0.15) is 0 Å². The zero-order chi connectivity index (χ0) is 27.6. The van der Waals surface area contributed by atoms with Gasteiger partial charge >= 0.3 is 23.9 Å². The van der Waals surface area contributed by atoms with Crippen molar-refractivity contribution in [1.82, 2.24) is 0 Å². The van der Waals surface area contributed by atoms with Gasteiger partial charge in [-0.15, -0.1) is 0 Å². The molecule has 0 radical (unpaired) electrons. The lowest BCUT2D eigenvalue weighted by atomic mass is 9.49. The second-order valence-corrected chi connectivity index (χ2v) is 12.3. The molecule has 2 aliphatic carbocycles. The van der Waals surface area contributed by atoms with E-state index < -0.39 is 70.3 Å². The van der Waals surface area contributed by atoms with Crippen molar-refractivity contribution in [2.24, 2.45) is 28.6 Å². The summed E-state index contributed by atoms with van der Waals surface area (Å²) in [6, 6.07) is 0. The van der Waals surface area contributed by atoms with Crippen molar-refractivity contribution in [3.05, 3.63) is 36.0 Å². The van der Waals surface area contributed by atoms with Gasteiger partial charge in [-0.25, -0.2) is 9.59 Å². The third-order valence-electron chi connectivity index (χ3n) is 10.1. The second kappa shape index (κ2) is 7.57. The van der Waals surface area contributed by atoms with Crippen LogP contribution in [0.15, 0.2) is 36.0 Å². The van der Waals surface area contributed by atoms with E-state index in [1.165, 1.54) is 19.1 Å². The van der Waals surface area contributed by atoms with Crippen molar-refractivity contribution in [1.29, 1.82) is 0 Å². The van der Waals surface area contributed by atoms with Crippen molar-refractivity contribution in [2.75, 3.05) is 0 Å². The van der Waals surface area contributed by atoms with E-state index in [-0.39, 0.29) is 30.0 Å². The van der Waals surface area contributed by atoms with Crippen molar-refractivity contribution in [3.8, 4) is 0 Å². The Morgan fingerprint density at radius 1 is 1.16 bits per heavy atom. The summed E-state index contributed by atoms with van der Waals surface area (Å²) in [5, 5.41) is 10.00. The minimum absolute atomic E-state index is 0.130. The Morgan fingerprint density at radius 3 is 2.45 bits per heavy atom. The van der Waals surface area contributed by atoms with Crippen LogP contribution in [0.5, 0.6) is 0 Å². The number of hydrogen-bond donors (Lipinski definition) is 1. The standard InChI is InChI=1S/C28H32O10/c1-12-21-22(35-18(30)7-8-26(21,5)16-11-20(32)38-25(16,3)4)23(34-13(2)29)27(6)15(10-17-28(12,27)37-17)14-9-19(31)36-24(14)33/h7-9,15-17,19,21-23,31H,1,10-11H2,2-6H3. The minimum atomic E-state index is -1.37. The predicted molar refractivity (Wildman–Crippen MR) is 128 cm³/mol. The molecule has 10 unspecified atom stereocenters. The number of esters is 4. The van der Waals surface area contributed by atoms with Gasteiger partial charge in [0.15, 0.2) is 0 Å². The van der Waals surface area contributed by atoms with Gasteiger partial charge in [0.2, 0.25) is 6.29 Å². The van der Waals surface area contributed by atoms with E-state index in [0.29, 0.717) is 12.0 Å².